The first-order valence-corrected chi connectivity index (χ1v) is 12.3. The molecule has 1 unspecified atom stereocenters. The maximum atomic E-state index is 12.9. The molecular weight excluding hydrogens is 444 g/mol. The van der Waals surface area contributed by atoms with E-state index in [9.17, 15) is 9.59 Å². The van der Waals surface area contributed by atoms with Crippen molar-refractivity contribution in [2.45, 2.75) is 31.8 Å². The van der Waals surface area contributed by atoms with Crippen molar-refractivity contribution in [2.24, 2.45) is 5.10 Å². The Labute approximate surface area is 204 Å². The monoisotopic (exact) mass is 474 g/mol. The fourth-order valence-corrected chi connectivity index (χ4v) is 5.64. The number of hydrogen-bond acceptors (Lipinski definition) is 8. The van der Waals surface area contributed by atoms with Crippen LogP contribution in [-0.2, 0) is 29.0 Å². The van der Waals surface area contributed by atoms with Gasteiger partial charge in [-0.3, -0.25) is 9.69 Å². The van der Waals surface area contributed by atoms with Crippen LogP contribution in [0.2, 0.25) is 0 Å². The second-order valence-corrected chi connectivity index (χ2v) is 9.72. The Morgan fingerprint density at radius 2 is 1.89 bits per heavy atom. The number of piperazine rings is 1. The van der Waals surface area contributed by atoms with Crippen molar-refractivity contribution in [3.8, 4) is 0 Å². The first kappa shape index (κ1) is 22.1. The van der Waals surface area contributed by atoms with Gasteiger partial charge in [0.25, 0.3) is 0 Å². The van der Waals surface area contributed by atoms with Gasteiger partial charge in [-0.25, -0.2) is 14.9 Å². The normalized spacial score (nSPS) is 21.5. The lowest BCUT2D eigenvalue weighted by atomic mass is 9.95. The molecule has 1 N–H and O–H groups in total. The fraction of sp³-hybridized carbons (Fsp3) is 0.423. The van der Waals surface area contributed by atoms with Gasteiger partial charge in [0, 0.05) is 45.3 Å². The lowest BCUT2D eigenvalue weighted by molar-refractivity contribution is -0.132. The van der Waals surface area contributed by atoms with Crippen molar-refractivity contribution in [2.75, 3.05) is 44.8 Å². The van der Waals surface area contributed by atoms with Crippen LogP contribution in [0.15, 0.2) is 41.5 Å². The molecule has 1 aliphatic carbocycles. The number of esters is 1. The third-order valence-corrected chi connectivity index (χ3v) is 7.58. The van der Waals surface area contributed by atoms with E-state index in [1.807, 2.05) is 47.3 Å². The number of carbonyl (C=O) groups excluding carboxylic acids is 2. The molecule has 35 heavy (non-hydrogen) atoms. The molecule has 0 radical (unpaired) electrons. The van der Waals surface area contributed by atoms with Crippen molar-refractivity contribution in [3.63, 3.8) is 0 Å². The summed E-state index contributed by atoms with van der Waals surface area (Å²) >= 11 is 0. The van der Waals surface area contributed by atoms with E-state index in [0.717, 1.165) is 67.9 Å². The molecule has 0 saturated carbocycles. The quantitative estimate of drug-likeness (QED) is 0.663. The number of benzene rings is 2. The lowest BCUT2D eigenvalue weighted by Gasteiger charge is -2.36. The molecule has 9 heteroatoms. The number of amides is 1. The van der Waals surface area contributed by atoms with Gasteiger partial charge in [0.1, 0.15) is 12.9 Å². The molecular formula is C26H30N6O3. The van der Waals surface area contributed by atoms with Gasteiger partial charge in [0.15, 0.2) is 0 Å². The highest BCUT2D eigenvalue weighted by Crippen LogP contribution is 2.39. The Kier molecular flexibility index (Phi) is 5.66. The second-order valence-electron chi connectivity index (χ2n) is 9.72. The average Bonchev–Trinajstić information content (AvgIpc) is 3.59. The van der Waals surface area contributed by atoms with Crippen LogP contribution < -0.4 is 10.5 Å². The molecule has 1 amide bonds. The number of hydrazone groups is 1. The molecule has 1 fully saturated rings. The minimum absolute atomic E-state index is 0.185. The molecule has 0 spiro atoms. The van der Waals surface area contributed by atoms with Crippen molar-refractivity contribution in [3.05, 3.63) is 64.2 Å². The summed E-state index contributed by atoms with van der Waals surface area (Å²) in [5.41, 5.74) is 9.63. The molecule has 0 bridgehead atoms. The first-order chi connectivity index (χ1) is 17.0. The highest BCUT2D eigenvalue weighted by Gasteiger charge is 2.33. The molecule has 9 nitrogen and oxygen atoms in total. The van der Waals surface area contributed by atoms with Gasteiger partial charge < -0.3 is 9.64 Å². The summed E-state index contributed by atoms with van der Waals surface area (Å²) in [6.45, 7) is 4.77. The third-order valence-electron chi connectivity index (χ3n) is 7.58. The predicted octanol–water partition coefficient (Wildman–Crippen LogP) is 1.89. The van der Waals surface area contributed by atoms with Gasteiger partial charge in [-0.1, -0.05) is 18.2 Å². The number of carbonyl (C=O) groups is 2. The van der Waals surface area contributed by atoms with E-state index in [2.05, 4.69) is 21.6 Å². The number of nitrogens with one attached hydrogen (secondary N) is 1. The third kappa shape index (κ3) is 4.26. The second kappa shape index (κ2) is 8.98. The van der Waals surface area contributed by atoms with Crippen LogP contribution in [0, 0.1) is 0 Å². The van der Waals surface area contributed by atoms with Crippen LogP contribution in [0.1, 0.15) is 45.0 Å². The molecule has 3 heterocycles. The lowest BCUT2D eigenvalue weighted by Crippen LogP contribution is -2.49. The molecule has 0 aromatic heterocycles. The van der Waals surface area contributed by atoms with Gasteiger partial charge in [-0.05, 0) is 53.6 Å². The number of cyclic esters (lactones) is 1. The van der Waals surface area contributed by atoms with Crippen LogP contribution >= 0.6 is 0 Å². The van der Waals surface area contributed by atoms with Crippen LogP contribution in [0.4, 0.5) is 5.69 Å². The zero-order valence-corrected chi connectivity index (χ0v) is 19.9. The minimum atomic E-state index is -0.186. The predicted molar refractivity (Wildman–Crippen MR) is 132 cm³/mol. The van der Waals surface area contributed by atoms with E-state index in [0.29, 0.717) is 18.9 Å². The van der Waals surface area contributed by atoms with Gasteiger partial charge in [-0.2, -0.15) is 0 Å². The van der Waals surface area contributed by atoms with Crippen LogP contribution in [0.25, 0.3) is 0 Å². The summed E-state index contributed by atoms with van der Waals surface area (Å²) in [4.78, 5) is 29.3. The molecule has 1 saturated heterocycles. The largest absolute Gasteiger partial charge is 0.457 e. The van der Waals surface area contributed by atoms with Crippen molar-refractivity contribution in [1.29, 1.82) is 0 Å². The Hall–Kier alpha value is -3.43. The summed E-state index contributed by atoms with van der Waals surface area (Å²) in [6, 6.07) is 12.1. The number of anilines is 1. The Balaban J connectivity index is 1.01. The highest BCUT2D eigenvalue weighted by molar-refractivity contribution is 5.94. The molecule has 182 valence electrons. The Morgan fingerprint density at radius 3 is 2.63 bits per heavy atom. The van der Waals surface area contributed by atoms with Crippen molar-refractivity contribution >= 4 is 23.9 Å². The first-order valence-electron chi connectivity index (χ1n) is 12.3. The van der Waals surface area contributed by atoms with E-state index in [1.165, 1.54) is 11.1 Å². The standard InChI is InChI=1S/C26H30N6O3/c1-29-27-17-32(28-29)20-5-2-18(3-6-20)14-25(33)31-12-10-30(11-13-31)15-19-4-7-22-21(19)8-9-23-24(22)16-35-26(23)34/h2-3,5-6,8-9,17,19,28H,4,7,10-16H2,1H3. The summed E-state index contributed by atoms with van der Waals surface area (Å²) < 4.78 is 5.24. The number of rotatable bonds is 5. The maximum Gasteiger partial charge on any atom is 0.338 e. The minimum Gasteiger partial charge on any atom is -0.457 e. The smallest absolute Gasteiger partial charge is 0.338 e. The molecule has 3 aliphatic heterocycles. The van der Waals surface area contributed by atoms with Gasteiger partial charge in [0.05, 0.1) is 17.7 Å². The molecule has 2 aromatic carbocycles. The Bertz CT molecular complexity index is 1170. The zero-order valence-electron chi connectivity index (χ0n) is 19.9. The molecule has 6 rings (SSSR count). The summed E-state index contributed by atoms with van der Waals surface area (Å²) in [7, 11) is 1.83. The average molecular weight is 475 g/mol. The highest BCUT2D eigenvalue weighted by atomic mass is 16.5. The van der Waals surface area contributed by atoms with Crippen LogP contribution in [0.5, 0.6) is 0 Å². The number of ether oxygens (including phenoxy) is 1. The van der Waals surface area contributed by atoms with Crippen molar-refractivity contribution < 1.29 is 14.3 Å². The Morgan fingerprint density at radius 1 is 1.09 bits per heavy atom. The van der Waals surface area contributed by atoms with Gasteiger partial charge in [0.2, 0.25) is 5.91 Å². The maximum absolute atomic E-state index is 12.9. The van der Waals surface area contributed by atoms with E-state index in [4.69, 9.17) is 4.74 Å². The van der Waals surface area contributed by atoms with Crippen LogP contribution in [0.3, 0.4) is 0 Å². The molecule has 4 aliphatic rings. The fourth-order valence-electron chi connectivity index (χ4n) is 5.64. The SMILES string of the molecule is CN1N=CN(c2ccc(CC(=O)N3CCN(CC4CCc5c4ccc4c5COC4=O)CC3)cc2)N1. The van der Waals surface area contributed by atoms with E-state index >= 15 is 0 Å². The van der Waals surface area contributed by atoms with Gasteiger partial charge in [-0.15, -0.1) is 10.6 Å². The summed E-state index contributed by atoms with van der Waals surface area (Å²) in [6.07, 6.45) is 4.27. The van der Waals surface area contributed by atoms with E-state index in [-0.39, 0.29) is 11.9 Å². The van der Waals surface area contributed by atoms with Crippen LogP contribution in [-0.4, -0.2) is 72.9 Å². The number of hydrazine groups is 2. The topological polar surface area (TPSA) is 80.7 Å². The van der Waals surface area contributed by atoms with Crippen molar-refractivity contribution in [1.82, 2.24) is 20.5 Å². The molecule has 2 aromatic rings. The zero-order chi connectivity index (χ0) is 23.9. The van der Waals surface area contributed by atoms with E-state index in [1.54, 1.807) is 11.5 Å². The number of hydrogen-bond donors (Lipinski definition) is 1. The molecule has 1 atom stereocenters. The summed E-state index contributed by atoms with van der Waals surface area (Å²) in [5.74, 6) is 0.486. The van der Waals surface area contributed by atoms with Gasteiger partial charge >= 0.3 is 5.97 Å². The van der Waals surface area contributed by atoms with E-state index < -0.39 is 0 Å². The summed E-state index contributed by atoms with van der Waals surface area (Å²) in [5, 5.41) is 7.59. The number of nitrogens with zero attached hydrogens (tertiary/aromatic N) is 5. The number of fused-ring (bicyclic) bond motifs is 3.